The number of nitrogens with zero attached hydrogens (tertiary/aromatic N) is 1. The molecule has 0 aliphatic carbocycles. The van der Waals surface area contributed by atoms with Gasteiger partial charge in [-0.2, -0.15) is 13.5 Å². The second-order valence-electron chi connectivity index (χ2n) is 4.73. The first-order valence-electron chi connectivity index (χ1n) is 7.04. The molecule has 2 aromatic rings. The summed E-state index contributed by atoms with van der Waals surface area (Å²) in [6, 6.07) is 13.1. The summed E-state index contributed by atoms with van der Waals surface area (Å²) in [6.45, 7) is 2.65. The zero-order chi connectivity index (χ0) is 16.7. The van der Waals surface area contributed by atoms with Crippen molar-refractivity contribution in [3.05, 3.63) is 59.1 Å². The fourth-order valence-electron chi connectivity index (χ4n) is 1.74. The first kappa shape index (κ1) is 17.3. The summed E-state index contributed by atoms with van der Waals surface area (Å²) in [4.78, 5) is 2.26. The van der Waals surface area contributed by atoms with Crippen molar-refractivity contribution in [2.45, 2.75) is 18.2 Å². The van der Waals surface area contributed by atoms with Crippen LogP contribution in [0.15, 0.2) is 58.5 Å². The lowest BCUT2D eigenvalue weighted by atomic mass is 10.2. The molecule has 5 nitrogen and oxygen atoms in total. The van der Waals surface area contributed by atoms with Crippen LogP contribution in [0, 0.1) is 0 Å². The molecule has 0 saturated heterocycles. The Morgan fingerprint density at radius 3 is 2.65 bits per heavy atom. The molecule has 0 amide bonds. The monoisotopic (exact) mass is 352 g/mol. The molecular formula is C16H17ClN2O3S. The van der Waals surface area contributed by atoms with Gasteiger partial charge in [-0.3, -0.25) is 0 Å². The van der Waals surface area contributed by atoms with Crippen molar-refractivity contribution < 1.29 is 13.2 Å². The van der Waals surface area contributed by atoms with Crippen LogP contribution in [0.2, 0.25) is 5.02 Å². The summed E-state index contributed by atoms with van der Waals surface area (Å²) < 4.78 is 29.6. The number of hydrogen-bond acceptors (Lipinski definition) is 4. The summed E-state index contributed by atoms with van der Waals surface area (Å²) >= 11 is 5.74. The topological polar surface area (TPSA) is 67.8 Å². The van der Waals surface area contributed by atoms with Crippen LogP contribution in [-0.2, 0) is 10.0 Å². The minimum absolute atomic E-state index is 0.0964. The molecule has 0 radical (unpaired) electrons. The van der Waals surface area contributed by atoms with Crippen LogP contribution in [-0.4, -0.2) is 21.2 Å². The molecule has 0 unspecified atom stereocenters. The maximum atomic E-state index is 12.0. The third-order valence-electron chi connectivity index (χ3n) is 2.84. The normalized spacial score (nSPS) is 11.6. The lowest BCUT2D eigenvalue weighted by Gasteiger charge is -2.05. The molecule has 0 spiro atoms. The predicted molar refractivity (Wildman–Crippen MR) is 91.6 cm³/mol. The first-order valence-corrected chi connectivity index (χ1v) is 8.90. The number of sulfonamides is 1. The highest BCUT2D eigenvalue weighted by atomic mass is 35.5. The van der Waals surface area contributed by atoms with E-state index in [4.69, 9.17) is 16.3 Å². The third-order valence-corrected chi connectivity index (χ3v) is 4.33. The van der Waals surface area contributed by atoms with E-state index in [0.29, 0.717) is 11.6 Å². The number of halogens is 1. The van der Waals surface area contributed by atoms with Crippen LogP contribution in [0.5, 0.6) is 5.75 Å². The van der Waals surface area contributed by atoms with E-state index in [0.717, 1.165) is 17.7 Å². The maximum absolute atomic E-state index is 12.0. The standard InChI is InChI=1S/C16H17ClN2O3S/c1-2-10-22-15-5-3-4-13(11-15)12-18-19-23(20,21)16-8-6-14(17)7-9-16/h3-9,11-12,19H,2,10H2,1H3/b18-12-. The minimum Gasteiger partial charge on any atom is -0.494 e. The van der Waals surface area contributed by atoms with E-state index in [1.807, 2.05) is 19.1 Å². The van der Waals surface area contributed by atoms with Gasteiger partial charge in [0.25, 0.3) is 10.0 Å². The van der Waals surface area contributed by atoms with Gasteiger partial charge in [0.05, 0.1) is 17.7 Å². The van der Waals surface area contributed by atoms with Gasteiger partial charge in [-0.05, 0) is 48.4 Å². The van der Waals surface area contributed by atoms with Crippen molar-refractivity contribution >= 4 is 27.8 Å². The van der Waals surface area contributed by atoms with Crippen molar-refractivity contribution in [3.63, 3.8) is 0 Å². The number of hydrazone groups is 1. The Bertz CT molecular complexity index is 774. The summed E-state index contributed by atoms with van der Waals surface area (Å²) in [5, 5.41) is 4.25. The van der Waals surface area contributed by atoms with Crippen molar-refractivity contribution in [1.82, 2.24) is 4.83 Å². The van der Waals surface area contributed by atoms with Crippen molar-refractivity contribution in [2.24, 2.45) is 5.10 Å². The number of benzene rings is 2. The fourth-order valence-corrected chi connectivity index (χ4v) is 2.66. The van der Waals surface area contributed by atoms with Crippen LogP contribution < -0.4 is 9.57 Å². The molecule has 0 bridgehead atoms. The molecule has 0 atom stereocenters. The highest BCUT2D eigenvalue weighted by Crippen LogP contribution is 2.14. The summed E-state index contributed by atoms with van der Waals surface area (Å²) in [5.74, 6) is 0.719. The van der Waals surface area contributed by atoms with E-state index in [9.17, 15) is 8.42 Å². The van der Waals surface area contributed by atoms with Gasteiger partial charge >= 0.3 is 0 Å². The van der Waals surface area contributed by atoms with E-state index >= 15 is 0 Å². The van der Waals surface area contributed by atoms with Gasteiger partial charge in [-0.1, -0.05) is 30.7 Å². The second kappa shape index (κ2) is 7.99. The van der Waals surface area contributed by atoms with E-state index in [-0.39, 0.29) is 4.90 Å². The largest absolute Gasteiger partial charge is 0.494 e. The van der Waals surface area contributed by atoms with Gasteiger partial charge < -0.3 is 4.74 Å². The predicted octanol–water partition coefficient (Wildman–Crippen LogP) is 3.44. The minimum atomic E-state index is -3.71. The molecule has 0 fully saturated rings. The van der Waals surface area contributed by atoms with E-state index in [2.05, 4.69) is 9.93 Å². The van der Waals surface area contributed by atoms with Gasteiger partial charge in [0, 0.05) is 5.02 Å². The molecule has 0 aliphatic heterocycles. The van der Waals surface area contributed by atoms with Gasteiger partial charge in [0.15, 0.2) is 0 Å². The third kappa shape index (κ3) is 5.26. The Labute approximate surface area is 141 Å². The Morgan fingerprint density at radius 2 is 1.96 bits per heavy atom. The van der Waals surface area contributed by atoms with Crippen molar-refractivity contribution in [1.29, 1.82) is 0 Å². The van der Waals surface area contributed by atoms with E-state index < -0.39 is 10.0 Å². The van der Waals surface area contributed by atoms with Crippen molar-refractivity contribution in [3.8, 4) is 5.75 Å². The number of hydrogen-bond donors (Lipinski definition) is 1. The highest BCUT2D eigenvalue weighted by Gasteiger charge is 2.11. The Balaban J connectivity index is 2.04. The van der Waals surface area contributed by atoms with Crippen LogP contribution >= 0.6 is 11.6 Å². The first-order chi connectivity index (χ1) is 11.0. The molecule has 0 saturated carbocycles. The number of ether oxygens (including phenoxy) is 1. The molecule has 0 aliphatic rings. The van der Waals surface area contributed by atoms with Crippen LogP contribution in [0.4, 0.5) is 0 Å². The molecule has 122 valence electrons. The average Bonchev–Trinajstić information content (AvgIpc) is 2.53. The Morgan fingerprint density at radius 1 is 1.22 bits per heavy atom. The van der Waals surface area contributed by atoms with Gasteiger partial charge in [0.1, 0.15) is 5.75 Å². The lowest BCUT2D eigenvalue weighted by Crippen LogP contribution is -2.18. The lowest BCUT2D eigenvalue weighted by molar-refractivity contribution is 0.317. The molecule has 23 heavy (non-hydrogen) atoms. The number of rotatable bonds is 7. The quantitative estimate of drug-likeness (QED) is 0.613. The van der Waals surface area contributed by atoms with E-state index in [1.165, 1.54) is 30.5 Å². The van der Waals surface area contributed by atoms with E-state index in [1.54, 1.807) is 12.1 Å². The van der Waals surface area contributed by atoms with Crippen LogP contribution in [0.25, 0.3) is 0 Å². The Hall–Kier alpha value is -2.05. The number of nitrogens with one attached hydrogen (secondary N) is 1. The van der Waals surface area contributed by atoms with Crippen LogP contribution in [0.3, 0.4) is 0 Å². The molecule has 1 N–H and O–H groups in total. The van der Waals surface area contributed by atoms with Crippen molar-refractivity contribution in [2.75, 3.05) is 6.61 Å². The molecule has 0 aromatic heterocycles. The highest BCUT2D eigenvalue weighted by molar-refractivity contribution is 7.89. The SMILES string of the molecule is CCCOc1cccc(/C=N\NS(=O)(=O)c2ccc(Cl)cc2)c1. The van der Waals surface area contributed by atoms with Gasteiger partial charge in [0.2, 0.25) is 0 Å². The van der Waals surface area contributed by atoms with Gasteiger partial charge in [-0.25, -0.2) is 4.83 Å². The average molecular weight is 353 g/mol. The summed E-state index contributed by atoms with van der Waals surface area (Å²) in [5.41, 5.74) is 0.734. The maximum Gasteiger partial charge on any atom is 0.276 e. The van der Waals surface area contributed by atoms with Crippen LogP contribution in [0.1, 0.15) is 18.9 Å². The molecule has 0 heterocycles. The zero-order valence-electron chi connectivity index (χ0n) is 12.6. The zero-order valence-corrected chi connectivity index (χ0v) is 14.1. The molecule has 2 rings (SSSR count). The second-order valence-corrected chi connectivity index (χ2v) is 6.83. The molecule has 7 heteroatoms. The molecular weight excluding hydrogens is 336 g/mol. The Kier molecular flexibility index (Phi) is 6.01. The smallest absolute Gasteiger partial charge is 0.276 e. The summed E-state index contributed by atoms with van der Waals surface area (Å²) in [7, 11) is -3.71. The van der Waals surface area contributed by atoms with Gasteiger partial charge in [-0.15, -0.1) is 0 Å². The molecule has 2 aromatic carbocycles. The summed E-state index contributed by atoms with van der Waals surface area (Å²) in [6.07, 6.45) is 2.34. The fraction of sp³-hybridized carbons (Fsp3) is 0.188.